The smallest absolute Gasteiger partial charge is 0.276 e. The maximum Gasteiger partial charge on any atom is 0.276 e. The number of ether oxygens (including phenoxy) is 3. The molecule has 0 aliphatic heterocycles. The molecule has 9 heteroatoms. The Balaban J connectivity index is 1.96. The van der Waals surface area contributed by atoms with Crippen LogP contribution in [0.4, 0.5) is 5.69 Å². The molecule has 2 aromatic carbocycles. The van der Waals surface area contributed by atoms with Crippen molar-refractivity contribution < 1.29 is 23.8 Å². The van der Waals surface area contributed by atoms with E-state index in [2.05, 4.69) is 20.6 Å². The van der Waals surface area contributed by atoms with Gasteiger partial charge in [-0.05, 0) is 25.1 Å². The molecule has 3 rings (SSSR count). The largest absolute Gasteiger partial charge is 0.497 e. The molecule has 0 fully saturated rings. The quantitative estimate of drug-likeness (QED) is 0.537. The summed E-state index contributed by atoms with van der Waals surface area (Å²) in [5.41, 5.74) is 2.06. The Hall–Kier alpha value is -4.01. The lowest BCUT2D eigenvalue weighted by Crippen LogP contribution is -2.22. The van der Waals surface area contributed by atoms with Crippen LogP contribution in [0.3, 0.4) is 0 Å². The Morgan fingerprint density at radius 2 is 1.68 bits per heavy atom. The van der Waals surface area contributed by atoms with Gasteiger partial charge >= 0.3 is 0 Å². The van der Waals surface area contributed by atoms with Crippen molar-refractivity contribution in [3.8, 4) is 28.6 Å². The molecule has 9 nitrogen and oxygen atoms in total. The molecule has 3 aromatic rings. The third kappa shape index (κ3) is 4.45. The van der Waals surface area contributed by atoms with Crippen LogP contribution in [0.5, 0.6) is 17.2 Å². The number of aromatic nitrogens is 2. The van der Waals surface area contributed by atoms with Crippen molar-refractivity contribution in [1.82, 2.24) is 15.3 Å². The van der Waals surface area contributed by atoms with Crippen LogP contribution in [0.2, 0.25) is 0 Å². The standard InChI is InChI=1S/C22H24N4O5/c1-12-19(26-20(24-12)13-7-6-8-14(9-13)29-3)22(28)25-16-11-18(31-5)17(30-4)10-15(16)21(27)23-2/h6-11H,1-5H3,(H,23,27)(H,24,26)(H,25,28). The number of methoxy groups -OCH3 is 3. The van der Waals surface area contributed by atoms with Gasteiger partial charge in [0.15, 0.2) is 11.5 Å². The first kappa shape index (κ1) is 21.7. The molecule has 0 radical (unpaired) electrons. The summed E-state index contributed by atoms with van der Waals surface area (Å²) in [4.78, 5) is 32.9. The predicted octanol–water partition coefficient (Wildman–Crippen LogP) is 3.02. The molecule has 0 saturated carbocycles. The lowest BCUT2D eigenvalue weighted by Gasteiger charge is -2.14. The van der Waals surface area contributed by atoms with Gasteiger partial charge < -0.3 is 29.8 Å². The fourth-order valence-corrected chi connectivity index (χ4v) is 3.08. The average Bonchev–Trinajstić information content (AvgIpc) is 3.19. The third-order valence-corrected chi connectivity index (χ3v) is 4.69. The number of hydrogen-bond acceptors (Lipinski definition) is 6. The lowest BCUT2D eigenvalue weighted by molar-refractivity contribution is 0.0963. The summed E-state index contributed by atoms with van der Waals surface area (Å²) in [7, 11) is 6.03. The molecular weight excluding hydrogens is 400 g/mol. The van der Waals surface area contributed by atoms with E-state index in [4.69, 9.17) is 14.2 Å². The number of amides is 2. The highest BCUT2D eigenvalue weighted by Crippen LogP contribution is 2.34. The molecule has 1 heterocycles. The first-order chi connectivity index (χ1) is 14.9. The van der Waals surface area contributed by atoms with Crippen molar-refractivity contribution in [2.75, 3.05) is 33.7 Å². The van der Waals surface area contributed by atoms with E-state index in [0.29, 0.717) is 28.8 Å². The van der Waals surface area contributed by atoms with Gasteiger partial charge in [0.05, 0.1) is 32.6 Å². The molecule has 0 atom stereocenters. The maximum atomic E-state index is 13.0. The van der Waals surface area contributed by atoms with Crippen LogP contribution in [0.1, 0.15) is 26.5 Å². The first-order valence-corrected chi connectivity index (χ1v) is 9.42. The van der Waals surface area contributed by atoms with Gasteiger partial charge in [0.1, 0.15) is 17.3 Å². The second-order valence-electron chi connectivity index (χ2n) is 6.58. The summed E-state index contributed by atoms with van der Waals surface area (Å²) in [6.45, 7) is 1.75. The normalized spacial score (nSPS) is 10.4. The monoisotopic (exact) mass is 424 g/mol. The van der Waals surface area contributed by atoms with Crippen LogP contribution < -0.4 is 24.8 Å². The summed E-state index contributed by atoms with van der Waals surface area (Å²) < 4.78 is 15.8. The first-order valence-electron chi connectivity index (χ1n) is 9.42. The minimum Gasteiger partial charge on any atom is -0.497 e. The highest BCUT2D eigenvalue weighted by Gasteiger charge is 2.21. The Morgan fingerprint density at radius 3 is 2.32 bits per heavy atom. The third-order valence-electron chi connectivity index (χ3n) is 4.69. The van der Waals surface area contributed by atoms with Gasteiger partial charge in [-0.1, -0.05) is 12.1 Å². The van der Waals surface area contributed by atoms with Crippen LogP contribution in [-0.4, -0.2) is 50.2 Å². The highest BCUT2D eigenvalue weighted by atomic mass is 16.5. The molecule has 0 unspecified atom stereocenters. The summed E-state index contributed by atoms with van der Waals surface area (Å²) >= 11 is 0. The minimum absolute atomic E-state index is 0.204. The van der Waals surface area contributed by atoms with E-state index >= 15 is 0 Å². The molecule has 1 aromatic heterocycles. The molecule has 2 amide bonds. The number of hydrogen-bond donors (Lipinski definition) is 3. The number of benzene rings is 2. The van der Waals surface area contributed by atoms with Gasteiger partial charge in [-0.15, -0.1) is 0 Å². The number of carbonyl (C=O) groups excluding carboxylic acids is 2. The number of aryl methyl sites for hydroxylation is 1. The molecule has 0 spiro atoms. The summed E-state index contributed by atoms with van der Waals surface area (Å²) in [6.07, 6.45) is 0. The van der Waals surface area contributed by atoms with Crippen LogP contribution in [0, 0.1) is 6.92 Å². The van der Waals surface area contributed by atoms with E-state index in [9.17, 15) is 9.59 Å². The Bertz CT molecular complexity index is 1120. The maximum absolute atomic E-state index is 13.0. The van der Waals surface area contributed by atoms with E-state index in [-0.39, 0.29) is 22.9 Å². The second kappa shape index (κ2) is 9.21. The van der Waals surface area contributed by atoms with E-state index in [1.165, 1.54) is 33.4 Å². The minimum atomic E-state index is -0.472. The van der Waals surface area contributed by atoms with Crippen LogP contribution in [-0.2, 0) is 0 Å². The predicted molar refractivity (Wildman–Crippen MR) is 116 cm³/mol. The Morgan fingerprint density at radius 1 is 0.968 bits per heavy atom. The molecular formula is C22H24N4O5. The number of imidazole rings is 1. The van der Waals surface area contributed by atoms with Crippen molar-refractivity contribution in [3.05, 3.63) is 53.3 Å². The number of nitrogens with zero attached hydrogens (tertiary/aromatic N) is 1. The number of H-pyrrole nitrogens is 1. The molecule has 0 bridgehead atoms. The zero-order valence-electron chi connectivity index (χ0n) is 18.0. The number of carbonyl (C=O) groups is 2. The van der Waals surface area contributed by atoms with Gasteiger partial charge in [-0.25, -0.2) is 4.98 Å². The molecule has 0 saturated heterocycles. The van der Waals surface area contributed by atoms with Crippen molar-refractivity contribution in [1.29, 1.82) is 0 Å². The number of anilines is 1. The zero-order valence-corrected chi connectivity index (χ0v) is 18.0. The van der Waals surface area contributed by atoms with Crippen LogP contribution >= 0.6 is 0 Å². The molecule has 162 valence electrons. The van der Waals surface area contributed by atoms with Gasteiger partial charge in [-0.3, -0.25) is 9.59 Å². The van der Waals surface area contributed by atoms with Gasteiger partial charge in [0, 0.05) is 24.4 Å². The topological polar surface area (TPSA) is 115 Å². The van der Waals surface area contributed by atoms with Crippen LogP contribution in [0.25, 0.3) is 11.4 Å². The Labute approximate surface area is 179 Å². The number of aromatic amines is 1. The molecule has 0 aliphatic rings. The highest BCUT2D eigenvalue weighted by molar-refractivity contribution is 6.09. The van der Waals surface area contributed by atoms with E-state index < -0.39 is 5.91 Å². The van der Waals surface area contributed by atoms with Crippen molar-refractivity contribution in [2.45, 2.75) is 6.92 Å². The van der Waals surface area contributed by atoms with Gasteiger partial charge in [0.2, 0.25) is 0 Å². The van der Waals surface area contributed by atoms with E-state index in [0.717, 1.165) is 5.56 Å². The summed E-state index contributed by atoms with van der Waals surface area (Å²) in [5, 5.41) is 5.30. The second-order valence-corrected chi connectivity index (χ2v) is 6.58. The van der Waals surface area contributed by atoms with Crippen molar-refractivity contribution in [3.63, 3.8) is 0 Å². The molecule has 0 aliphatic carbocycles. The van der Waals surface area contributed by atoms with Crippen LogP contribution in [0.15, 0.2) is 36.4 Å². The van der Waals surface area contributed by atoms with Gasteiger partial charge in [0.25, 0.3) is 11.8 Å². The number of nitrogens with one attached hydrogen (secondary N) is 3. The lowest BCUT2D eigenvalue weighted by atomic mass is 10.1. The number of rotatable bonds is 7. The zero-order chi connectivity index (χ0) is 22.5. The molecule has 31 heavy (non-hydrogen) atoms. The van der Waals surface area contributed by atoms with Crippen molar-refractivity contribution >= 4 is 17.5 Å². The van der Waals surface area contributed by atoms with E-state index in [1.54, 1.807) is 14.0 Å². The van der Waals surface area contributed by atoms with Gasteiger partial charge in [-0.2, -0.15) is 0 Å². The summed E-state index contributed by atoms with van der Waals surface area (Å²) in [6, 6.07) is 10.4. The van der Waals surface area contributed by atoms with E-state index in [1.807, 2.05) is 24.3 Å². The average molecular weight is 424 g/mol. The Kier molecular flexibility index (Phi) is 6.44. The summed E-state index contributed by atoms with van der Waals surface area (Å²) in [5.74, 6) is 1.10. The SMILES string of the molecule is CNC(=O)c1cc(OC)c(OC)cc1NC(=O)c1nc(-c2cccc(OC)c2)[nH]c1C. The molecule has 3 N–H and O–H groups in total. The van der Waals surface area contributed by atoms with Crippen molar-refractivity contribution in [2.24, 2.45) is 0 Å². The fourth-order valence-electron chi connectivity index (χ4n) is 3.08. The fraction of sp³-hybridized carbons (Fsp3) is 0.227.